The van der Waals surface area contributed by atoms with Gasteiger partial charge in [0.15, 0.2) is 11.5 Å². The number of likely N-dealkylation sites (N-methyl/N-ethyl adjacent to an activating group) is 1. The molecule has 2 N–H and O–H groups in total. The molecule has 0 saturated heterocycles. The van der Waals surface area contributed by atoms with Gasteiger partial charge >= 0.3 is 6.29 Å². The molecule has 0 fully saturated rings. The van der Waals surface area contributed by atoms with Gasteiger partial charge in [0, 0.05) is 51.1 Å². The van der Waals surface area contributed by atoms with E-state index in [9.17, 15) is 18.7 Å². The first-order valence-electron chi connectivity index (χ1n) is 13.9. The van der Waals surface area contributed by atoms with E-state index >= 15 is 0 Å². The summed E-state index contributed by atoms with van der Waals surface area (Å²) in [6.07, 6.45) is 3.32. The maximum absolute atomic E-state index is 13.8. The van der Waals surface area contributed by atoms with Crippen molar-refractivity contribution in [2.45, 2.75) is 25.6 Å². The van der Waals surface area contributed by atoms with Gasteiger partial charge in [0.05, 0.1) is 7.11 Å². The highest BCUT2D eigenvalue weighted by Crippen LogP contribution is 2.47. The molecular weight excluding hydrogens is 560 g/mol. The van der Waals surface area contributed by atoms with E-state index in [4.69, 9.17) is 14.2 Å². The molecule has 1 amide bonds. The molecule has 0 spiro atoms. The van der Waals surface area contributed by atoms with E-state index in [2.05, 4.69) is 15.0 Å². The highest BCUT2D eigenvalue weighted by molar-refractivity contribution is 6.01. The summed E-state index contributed by atoms with van der Waals surface area (Å²) in [6.45, 7) is 1.38. The van der Waals surface area contributed by atoms with Crippen molar-refractivity contribution in [1.82, 2.24) is 15.2 Å². The van der Waals surface area contributed by atoms with E-state index in [1.807, 2.05) is 6.07 Å². The number of nitrogens with zero attached hydrogens (tertiary/aromatic N) is 2. The molecular formula is C32H33F2N3O6. The average molecular weight is 594 g/mol. The second kappa shape index (κ2) is 12.7. The predicted molar refractivity (Wildman–Crippen MR) is 157 cm³/mol. The number of phenolic OH excluding ortho intramolecular Hbond substituents is 1. The number of alkyl halides is 2. The Bertz CT molecular complexity index is 1570. The van der Waals surface area contributed by atoms with Crippen LogP contribution < -0.4 is 24.3 Å². The molecule has 0 unspecified atom stereocenters. The van der Waals surface area contributed by atoms with Crippen molar-refractivity contribution in [3.8, 4) is 28.9 Å². The topological polar surface area (TPSA) is 102 Å². The maximum atomic E-state index is 13.8. The summed E-state index contributed by atoms with van der Waals surface area (Å²) in [7, 11) is 4.94. The lowest BCUT2D eigenvalue weighted by atomic mass is 9.88. The highest BCUT2D eigenvalue weighted by atomic mass is 19.3. The van der Waals surface area contributed by atoms with Crippen molar-refractivity contribution in [3.05, 3.63) is 83.1 Å². The van der Waals surface area contributed by atoms with E-state index < -0.39 is 6.29 Å². The molecule has 2 aromatic carbocycles. The molecule has 5 rings (SSSR count). The fraction of sp³-hybridized carbons (Fsp3) is 0.312. The summed E-state index contributed by atoms with van der Waals surface area (Å²) in [5, 5.41) is 13.4. The smallest absolute Gasteiger partial charge is 0.508 e. The lowest BCUT2D eigenvalue weighted by Crippen LogP contribution is -2.25. The lowest BCUT2D eigenvalue weighted by molar-refractivity contribution is -0.286. The molecule has 2 aliphatic rings. The Balaban J connectivity index is 1.44. The third-order valence-electron chi connectivity index (χ3n) is 7.10. The minimum atomic E-state index is -3.72. The third-order valence-corrected chi connectivity index (χ3v) is 7.10. The highest BCUT2D eigenvalue weighted by Gasteiger charge is 2.43. The fourth-order valence-electron chi connectivity index (χ4n) is 5.08. The first-order valence-corrected chi connectivity index (χ1v) is 13.9. The number of carbonyl (C=O) groups excluding carboxylic acids is 1. The quantitative estimate of drug-likeness (QED) is 0.250. The van der Waals surface area contributed by atoms with E-state index in [0.717, 1.165) is 28.7 Å². The second-order valence-corrected chi connectivity index (χ2v) is 10.3. The van der Waals surface area contributed by atoms with Crippen molar-refractivity contribution in [3.63, 3.8) is 0 Å². The van der Waals surface area contributed by atoms with Gasteiger partial charge in [-0.3, -0.25) is 4.79 Å². The zero-order valence-corrected chi connectivity index (χ0v) is 24.2. The first kappa shape index (κ1) is 29.8. The van der Waals surface area contributed by atoms with Gasteiger partial charge in [0.2, 0.25) is 11.8 Å². The summed E-state index contributed by atoms with van der Waals surface area (Å²) < 4.78 is 48.5. The number of hydrogen-bond donors (Lipinski definition) is 2. The zero-order valence-electron chi connectivity index (χ0n) is 24.2. The Hall–Kier alpha value is -4.64. The van der Waals surface area contributed by atoms with Crippen LogP contribution in [0, 0.1) is 0 Å². The number of carbonyl (C=O) groups is 1. The number of benzene rings is 2. The van der Waals surface area contributed by atoms with Crippen LogP contribution >= 0.6 is 0 Å². The van der Waals surface area contributed by atoms with Crippen molar-refractivity contribution in [2.75, 3.05) is 40.9 Å². The molecule has 0 radical (unpaired) electrons. The number of allylic oxidation sites excluding steroid dienone is 1. The lowest BCUT2D eigenvalue weighted by Gasteiger charge is -2.19. The number of aryl methyl sites for hydroxylation is 1. The molecule has 3 aromatic rings. The Morgan fingerprint density at radius 1 is 1.12 bits per heavy atom. The van der Waals surface area contributed by atoms with E-state index in [-0.39, 0.29) is 23.2 Å². The van der Waals surface area contributed by atoms with Crippen LogP contribution in [-0.4, -0.2) is 68.1 Å². The molecule has 0 saturated carbocycles. The Kier molecular flexibility index (Phi) is 8.81. The Labute approximate surface area is 248 Å². The molecule has 1 aliphatic heterocycles. The number of amides is 1. The van der Waals surface area contributed by atoms with Crippen LogP contribution in [0.25, 0.3) is 11.1 Å². The number of halogens is 2. The molecule has 1 aromatic heterocycles. The van der Waals surface area contributed by atoms with E-state index in [1.54, 1.807) is 63.8 Å². The summed E-state index contributed by atoms with van der Waals surface area (Å²) in [5.41, 5.74) is 4.93. The van der Waals surface area contributed by atoms with E-state index in [1.165, 1.54) is 17.0 Å². The number of pyridine rings is 1. The van der Waals surface area contributed by atoms with E-state index in [0.29, 0.717) is 55.3 Å². The summed E-state index contributed by atoms with van der Waals surface area (Å²) in [4.78, 5) is 17.6. The number of aromatic hydroxyl groups is 1. The second-order valence-electron chi connectivity index (χ2n) is 10.3. The van der Waals surface area contributed by atoms with Crippen molar-refractivity contribution < 1.29 is 37.6 Å². The van der Waals surface area contributed by atoms with Crippen LogP contribution in [0.2, 0.25) is 0 Å². The first-order chi connectivity index (χ1) is 20.6. The number of aromatic nitrogens is 1. The summed E-state index contributed by atoms with van der Waals surface area (Å²) in [6, 6.07) is 11.7. The Morgan fingerprint density at radius 3 is 2.72 bits per heavy atom. The van der Waals surface area contributed by atoms with Crippen LogP contribution in [0.5, 0.6) is 28.9 Å². The van der Waals surface area contributed by atoms with Crippen molar-refractivity contribution in [2.24, 2.45) is 0 Å². The summed E-state index contributed by atoms with van der Waals surface area (Å²) >= 11 is 0. The van der Waals surface area contributed by atoms with Gasteiger partial charge < -0.3 is 34.3 Å². The number of ether oxygens (including phenoxy) is 4. The predicted octanol–water partition coefficient (Wildman–Crippen LogP) is 5.03. The minimum Gasteiger partial charge on any atom is -0.508 e. The number of nitrogens with one attached hydrogen (secondary N) is 1. The fourth-order valence-corrected chi connectivity index (χ4v) is 5.08. The zero-order chi connectivity index (χ0) is 30.6. The molecule has 2 heterocycles. The maximum Gasteiger partial charge on any atom is 0.586 e. The normalized spacial score (nSPS) is 15.3. The van der Waals surface area contributed by atoms with Crippen LogP contribution in [0.3, 0.4) is 0 Å². The SMILES string of the molecule is COc1cc(OCCNC/C=C/C(=O)N(C)C)ncc1C1=C(c2ccc3c(c2)OC(F)(F)O3)CCCc2cc(O)ccc21. The van der Waals surface area contributed by atoms with Gasteiger partial charge in [-0.2, -0.15) is 0 Å². The van der Waals surface area contributed by atoms with Gasteiger partial charge in [-0.05, 0) is 71.4 Å². The molecule has 0 atom stereocenters. The molecule has 9 nitrogen and oxygen atoms in total. The van der Waals surface area contributed by atoms with Gasteiger partial charge in [-0.15, -0.1) is 8.78 Å². The molecule has 226 valence electrons. The van der Waals surface area contributed by atoms with Crippen LogP contribution in [0.1, 0.15) is 35.1 Å². The van der Waals surface area contributed by atoms with Crippen molar-refractivity contribution in [1.29, 1.82) is 0 Å². The monoisotopic (exact) mass is 593 g/mol. The molecule has 0 bridgehead atoms. The number of methoxy groups -OCH3 is 1. The molecule has 1 aliphatic carbocycles. The van der Waals surface area contributed by atoms with Gasteiger partial charge in [-0.1, -0.05) is 18.2 Å². The van der Waals surface area contributed by atoms with Gasteiger partial charge in [0.25, 0.3) is 0 Å². The number of rotatable bonds is 10. The van der Waals surface area contributed by atoms with Crippen LogP contribution in [0.4, 0.5) is 8.78 Å². The van der Waals surface area contributed by atoms with Crippen molar-refractivity contribution >= 4 is 17.1 Å². The molecule has 11 heteroatoms. The third kappa shape index (κ3) is 6.89. The Morgan fingerprint density at radius 2 is 1.93 bits per heavy atom. The average Bonchev–Trinajstić information content (AvgIpc) is 3.17. The van der Waals surface area contributed by atoms with Crippen LogP contribution in [0.15, 0.2) is 60.8 Å². The largest absolute Gasteiger partial charge is 0.586 e. The number of phenols is 1. The number of hydrogen-bond acceptors (Lipinski definition) is 8. The number of fused-ring (bicyclic) bond motifs is 2. The standard InChI is InChI=1S/C32H33F2N3O6/c1-37(2)30(39)8-5-13-35-14-15-41-29-18-27(40-3)25(19-36-29)31-23(7-4-6-20-16-22(38)10-11-24(20)31)21-9-12-26-28(17-21)43-32(33,34)42-26/h5,8-12,16-19,35,38H,4,6-7,13-15H2,1-3H3/b8-5+. The van der Waals surface area contributed by atoms with Gasteiger partial charge in [-0.25, -0.2) is 4.98 Å². The molecule has 43 heavy (non-hydrogen) atoms. The summed E-state index contributed by atoms with van der Waals surface area (Å²) in [5.74, 6) is 0.904. The van der Waals surface area contributed by atoms with Gasteiger partial charge in [0.1, 0.15) is 18.1 Å². The minimum absolute atomic E-state index is 0.0249. The van der Waals surface area contributed by atoms with Crippen LogP contribution in [-0.2, 0) is 11.2 Å².